The van der Waals surface area contributed by atoms with E-state index in [4.69, 9.17) is 5.73 Å². The Morgan fingerprint density at radius 2 is 1.96 bits per heavy atom. The molecule has 2 atom stereocenters. The Balaban J connectivity index is 2.14. The molecular weight excluding hydrogens is 332 g/mol. The standard InChI is InChI=1S/C19H24N4O3/c1-2-14(21-15-11-7-6-10-13(15)20)16-17(24)22-19(26)23(18(16)25)12-8-4-3-5-9-12/h3-5,8-9,13,15,25H,2,6-7,10-11,20H2,1H3,(H,22,24,26). The van der Waals surface area contributed by atoms with Crippen molar-refractivity contribution in [2.24, 2.45) is 10.7 Å². The van der Waals surface area contributed by atoms with Gasteiger partial charge in [0.05, 0.1) is 17.4 Å². The van der Waals surface area contributed by atoms with Gasteiger partial charge in [0.25, 0.3) is 5.56 Å². The van der Waals surface area contributed by atoms with Crippen LogP contribution in [-0.4, -0.2) is 32.5 Å². The zero-order chi connectivity index (χ0) is 18.7. The Bertz CT molecular complexity index is 915. The van der Waals surface area contributed by atoms with E-state index in [1.165, 1.54) is 0 Å². The second kappa shape index (κ2) is 7.70. The van der Waals surface area contributed by atoms with Crippen molar-refractivity contribution < 1.29 is 5.11 Å². The molecule has 0 radical (unpaired) electrons. The number of nitrogens with one attached hydrogen (secondary N) is 1. The maximum absolute atomic E-state index is 12.4. The van der Waals surface area contributed by atoms with Crippen LogP contribution in [0.5, 0.6) is 5.88 Å². The van der Waals surface area contributed by atoms with Gasteiger partial charge in [-0.05, 0) is 31.4 Å². The Hall–Kier alpha value is -2.67. The zero-order valence-electron chi connectivity index (χ0n) is 14.8. The van der Waals surface area contributed by atoms with Crippen LogP contribution < -0.4 is 17.0 Å². The van der Waals surface area contributed by atoms with Crippen molar-refractivity contribution in [2.75, 3.05) is 0 Å². The minimum absolute atomic E-state index is 0.0359. The number of hydrogen-bond acceptors (Lipinski definition) is 5. The molecule has 1 aromatic heterocycles. The molecule has 1 aromatic carbocycles. The van der Waals surface area contributed by atoms with Gasteiger partial charge in [0.15, 0.2) is 0 Å². The SMILES string of the molecule is CCC(=NC1CCCCC1N)c1c(O)n(-c2ccccc2)c(=O)[nH]c1=O. The summed E-state index contributed by atoms with van der Waals surface area (Å²) in [6, 6.07) is 8.55. The number of nitrogens with two attached hydrogens (primary N) is 1. The average Bonchev–Trinajstić information content (AvgIpc) is 2.63. The molecule has 1 aliphatic rings. The molecule has 1 aliphatic carbocycles. The van der Waals surface area contributed by atoms with Crippen molar-refractivity contribution in [1.82, 2.24) is 9.55 Å². The summed E-state index contributed by atoms with van der Waals surface area (Å²) in [5, 5.41) is 10.7. The first kappa shape index (κ1) is 18.1. The van der Waals surface area contributed by atoms with E-state index in [9.17, 15) is 14.7 Å². The normalized spacial score (nSPS) is 20.9. The topological polar surface area (TPSA) is 113 Å². The highest BCUT2D eigenvalue weighted by molar-refractivity contribution is 6.02. The first-order chi connectivity index (χ1) is 12.5. The predicted octanol–water partition coefficient (Wildman–Crippen LogP) is 1.70. The van der Waals surface area contributed by atoms with Gasteiger partial charge in [-0.15, -0.1) is 0 Å². The number of aromatic nitrogens is 2. The lowest BCUT2D eigenvalue weighted by atomic mass is 9.91. The zero-order valence-corrected chi connectivity index (χ0v) is 14.8. The van der Waals surface area contributed by atoms with E-state index in [0.29, 0.717) is 17.8 Å². The smallest absolute Gasteiger partial charge is 0.335 e. The first-order valence-electron chi connectivity index (χ1n) is 8.99. The fraction of sp³-hybridized carbons (Fsp3) is 0.421. The van der Waals surface area contributed by atoms with Gasteiger partial charge in [-0.25, -0.2) is 9.36 Å². The average molecular weight is 356 g/mol. The van der Waals surface area contributed by atoms with Crippen LogP contribution in [0.15, 0.2) is 44.9 Å². The highest BCUT2D eigenvalue weighted by Gasteiger charge is 2.24. The molecule has 0 aliphatic heterocycles. The number of aliphatic imine (C=N–C) groups is 1. The number of hydrogen-bond donors (Lipinski definition) is 3. The molecule has 0 amide bonds. The molecule has 2 unspecified atom stereocenters. The van der Waals surface area contributed by atoms with Crippen LogP contribution in [0.2, 0.25) is 0 Å². The molecule has 2 aromatic rings. The van der Waals surface area contributed by atoms with E-state index < -0.39 is 17.1 Å². The van der Waals surface area contributed by atoms with E-state index >= 15 is 0 Å². The van der Waals surface area contributed by atoms with Crippen LogP contribution in [0.3, 0.4) is 0 Å². The fourth-order valence-corrected chi connectivity index (χ4v) is 3.43. The molecule has 0 spiro atoms. The summed E-state index contributed by atoms with van der Waals surface area (Å²) in [6.45, 7) is 1.87. The number of benzene rings is 1. The molecule has 7 nitrogen and oxygen atoms in total. The molecule has 7 heteroatoms. The Morgan fingerprint density at radius 1 is 1.27 bits per heavy atom. The Morgan fingerprint density at radius 3 is 2.62 bits per heavy atom. The number of aromatic amines is 1. The third-order valence-corrected chi connectivity index (χ3v) is 4.83. The van der Waals surface area contributed by atoms with E-state index in [1.54, 1.807) is 24.3 Å². The molecule has 26 heavy (non-hydrogen) atoms. The van der Waals surface area contributed by atoms with Crippen molar-refractivity contribution in [3.63, 3.8) is 0 Å². The maximum Gasteiger partial charge on any atom is 0.335 e. The van der Waals surface area contributed by atoms with Gasteiger partial charge in [-0.2, -0.15) is 0 Å². The minimum atomic E-state index is -0.688. The second-order valence-electron chi connectivity index (χ2n) is 6.57. The molecule has 1 saturated carbocycles. The summed E-state index contributed by atoms with van der Waals surface area (Å²) in [5.41, 5.74) is 5.82. The summed E-state index contributed by atoms with van der Waals surface area (Å²) in [7, 11) is 0. The summed E-state index contributed by atoms with van der Waals surface area (Å²) in [6.07, 6.45) is 4.34. The van der Waals surface area contributed by atoms with Crippen molar-refractivity contribution in [3.05, 3.63) is 56.7 Å². The number of rotatable bonds is 4. The second-order valence-corrected chi connectivity index (χ2v) is 6.57. The summed E-state index contributed by atoms with van der Waals surface area (Å²) in [4.78, 5) is 31.7. The van der Waals surface area contributed by atoms with Crippen molar-refractivity contribution >= 4 is 5.71 Å². The number of aromatic hydroxyl groups is 1. The van der Waals surface area contributed by atoms with Crippen LogP contribution in [0.1, 0.15) is 44.6 Å². The lowest BCUT2D eigenvalue weighted by Crippen LogP contribution is -2.38. The van der Waals surface area contributed by atoms with Crippen molar-refractivity contribution in [1.29, 1.82) is 0 Å². The summed E-state index contributed by atoms with van der Waals surface area (Å²) in [5.74, 6) is -0.394. The number of nitrogens with zero attached hydrogens (tertiary/aromatic N) is 2. The van der Waals surface area contributed by atoms with Crippen LogP contribution >= 0.6 is 0 Å². The first-order valence-corrected chi connectivity index (χ1v) is 8.99. The Kier molecular flexibility index (Phi) is 5.37. The molecule has 0 saturated heterocycles. The maximum atomic E-state index is 12.4. The van der Waals surface area contributed by atoms with Crippen LogP contribution in [0.25, 0.3) is 5.69 Å². The molecule has 3 rings (SSSR count). The minimum Gasteiger partial charge on any atom is -0.493 e. The summed E-state index contributed by atoms with van der Waals surface area (Å²) < 4.78 is 1.09. The molecule has 4 N–H and O–H groups in total. The highest BCUT2D eigenvalue weighted by atomic mass is 16.3. The van der Waals surface area contributed by atoms with Gasteiger partial charge in [-0.1, -0.05) is 38.0 Å². The number of H-pyrrole nitrogens is 1. The fourth-order valence-electron chi connectivity index (χ4n) is 3.43. The van der Waals surface area contributed by atoms with Crippen LogP contribution in [0, 0.1) is 0 Å². The van der Waals surface area contributed by atoms with Crippen molar-refractivity contribution in [3.8, 4) is 11.6 Å². The third-order valence-electron chi connectivity index (χ3n) is 4.83. The van der Waals surface area contributed by atoms with Gasteiger partial charge in [-0.3, -0.25) is 14.8 Å². The van der Waals surface area contributed by atoms with Gasteiger partial charge < -0.3 is 10.8 Å². The van der Waals surface area contributed by atoms with Crippen molar-refractivity contribution in [2.45, 2.75) is 51.1 Å². The summed E-state index contributed by atoms with van der Waals surface area (Å²) >= 11 is 0. The molecule has 1 heterocycles. The van der Waals surface area contributed by atoms with Crippen LogP contribution in [0.4, 0.5) is 0 Å². The third kappa shape index (κ3) is 3.48. The number of para-hydroxylation sites is 1. The molecular formula is C19H24N4O3. The highest BCUT2D eigenvalue weighted by Crippen LogP contribution is 2.23. The van der Waals surface area contributed by atoms with E-state index in [2.05, 4.69) is 9.98 Å². The van der Waals surface area contributed by atoms with Gasteiger partial charge in [0, 0.05) is 6.04 Å². The van der Waals surface area contributed by atoms with E-state index in [-0.39, 0.29) is 17.6 Å². The largest absolute Gasteiger partial charge is 0.493 e. The lowest BCUT2D eigenvalue weighted by molar-refractivity contribution is 0.386. The molecule has 1 fully saturated rings. The van der Waals surface area contributed by atoms with Gasteiger partial charge in [0.2, 0.25) is 5.88 Å². The van der Waals surface area contributed by atoms with Gasteiger partial charge >= 0.3 is 5.69 Å². The van der Waals surface area contributed by atoms with Gasteiger partial charge in [0.1, 0.15) is 5.56 Å². The molecule has 138 valence electrons. The lowest BCUT2D eigenvalue weighted by Gasteiger charge is -2.26. The van der Waals surface area contributed by atoms with E-state index in [0.717, 1.165) is 30.3 Å². The quantitative estimate of drug-likeness (QED) is 0.724. The van der Waals surface area contributed by atoms with E-state index in [1.807, 2.05) is 13.0 Å². The molecule has 0 bridgehead atoms. The van der Waals surface area contributed by atoms with Crippen LogP contribution in [-0.2, 0) is 0 Å². The monoisotopic (exact) mass is 356 g/mol. The Labute approximate surface area is 151 Å². The predicted molar refractivity (Wildman–Crippen MR) is 101 cm³/mol.